The van der Waals surface area contributed by atoms with E-state index >= 15 is 0 Å². The maximum absolute atomic E-state index is 13.9. The van der Waals surface area contributed by atoms with Crippen LogP contribution in [-0.4, -0.2) is 68.9 Å². The van der Waals surface area contributed by atoms with Crippen LogP contribution in [0.15, 0.2) is 72.9 Å². The Balaban J connectivity index is 1.36. The van der Waals surface area contributed by atoms with E-state index in [0.717, 1.165) is 5.56 Å². The Morgan fingerprint density at radius 3 is 2.45 bits per heavy atom. The maximum atomic E-state index is 13.9. The van der Waals surface area contributed by atoms with Gasteiger partial charge in [0, 0.05) is 55.4 Å². The third-order valence-corrected chi connectivity index (χ3v) is 7.39. The third-order valence-electron chi connectivity index (χ3n) is 7.39. The Morgan fingerprint density at radius 2 is 1.77 bits per heavy atom. The number of carbonyl (C=O) groups excluding carboxylic acids is 3. The Morgan fingerprint density at radius 1 is 1.02 bits per heavy atom. The zero-order valence-corrected chi connectivity index (χ0v) is 22.0. The summed E-state index contributed by atoms with van der Waals surface area (Å²) in [6.45, 7) is 2.66. The van der Waals surface area contributed by atoms with E-state index < -0.39 is 16.7 Å². The molecule has 1 N–H and O–H groups in total. The molecule has 3 amide bonds. The van der Waals surface area contributed by atoms with E-state index in [1.165, 1.54) is 23.1 Å². The lowest BCUT2D eigenvalue weighted by Crippen LogP contribution is -2.59. The summed E-state index contributed by atoms with van der Waals surface area (Å²) in [5.41, 5.74) is 1.11. The number of hydrogen-bond acceptors (Lipinski definition) is 7. The van der Waals surface area contributed by atoms with Gasteiger partial charge in [-0.25, -0.2) is 0 Å². The topological polar surface area (TPSA) is 135 Å². The standard InChI is InChI=1S/C29H29N5O6/c1-20-8-10-21(11-9-20)28(37)33-25(26(35)31-18-23-6-2-3-14-30-23)19-40-29(33)12-15-32(16-13-29)27(36)22-5-4-7-24(17-22)34(38)39/h2-11,14,17,25H,12-13,15-16,18-19H2,1H3,(H,31,35)/t25-/m1/s1. The summed E-state index contributed by atoms with van der Waals surface area (Å²) in [6, 6.07) is 17.3. The summed E-state index contributed by atoms with van der Waals surface area (Å²) in [4.78, 5) is 58.4. The molecule has 11 nitrogen and oxygen atoms in total. The molecule has 1 aromatic heterocycles. The predicted molar refractivity (Wildman–Crippen MR) is 144 cm³/mol. The zero-order valence-electron chi connectivity index (χ0n) is 22.0. The Hall–Kier alpha value is -4.64. The van der Waals surface area contributed by atoms with Crippen molar-refractivity contribution in [2.24, 2.45) is 0 Å². The fraction of sp³-hybridized carbons (Fsp3) is 0.310. The largest absolute Gasteiger partial charge is 0.353 e. The van der Waals surface area contributed by atoms with Crippen LogP contribution < -0.4 is 5.32 Å². The number of carbonyl (C=O) groups is 3. The summed E-state index contributed by atoms with van der Waals surface area (Å²) in [6.07, 6.45) is 2.22. The average Bonchev–Trinajstić information content (AvgIpc) is 3.35. The number of rotatable bonds is 6. The first-order chi connectivity index (χ1) is 19.3. The summed E-state index contributed by atoms with van der Waals surface area (Å²) in [7, 11) is 0. The van der Waals surface area contributed by atoms with Crippen molar-refractivity contribution >= 4 is 23.4 Å². The average molecular weight is 544 g/mol. The first-order valence-corrected chi connectivity index (χ1v) is 13.0. The first kappa shape index (κ1) is 26.9. The van der Waals surface area contributed by atoms with E-state index in [4.69, 9.17) is 4.74 Å². The molecule has 0 unspecified atom stereocenters. The second-order valence-electron chi connectivity index (χ2n) is 9.95. The second kappa shape index (κ2) is 11.2. The van der Waals surface area contributed by atoms with Crippen LogP contribution in [0, 0.1) is 17.0 Å². The van der Waals surface area contributed by atoms with Crippen LogP contribution in [0.1, 0.15) is 44.8 Å². The minimum Gasteiger partial charge on any atom is -0.353 e. The summed E-state index contributed by atoms with van der Waals surface area (Å²) in [5.74, 6) is -1.01. The lowest BCUT2D eigenvalue weighted by molar-refractivity contribution is -0.384. The zero-order chi connectivity index (χ0) is 28.3. The Bertz CT molecular complexity index is 1420. The van der Waals surface area contributed by atoms with Gasteiger partial charge < -0.3 is 15.0 Å². The van der Waals surface area contributed by atoms with Crippen molar-refractivity contribution < 1.29 is 24.0 Å². The maximum Gasteiger partial charge on any atom is 0.270 e. The molecule has 0 bridgehead atoms. The SMILES string of the molecule is Cc1ccc(C(=O)N2[C@@H](C(=O)NCc3ccccn3)COC23CCN(C(=O)c2cccc([N+](=O)[O-])c2)CC3)cc1. The van der Waals surface area contributed by atoms with Gasteiger partial charge in [0.15, 0.2) is 0 Å². The normalized spacial score (nSPS) is 18.0. The summed E-state index contributed by atoms with van der Waals surface area (Å²) < 4.78 is 6.23. The van der Waals surface area contributed by atoms with Crippen LogP contribution in [0.2, 0.25) is 0 Å². The molecular weight excluding hydrogens is 514 g/mol. The third kappa shape index (κ3) is 5.41. The molecule has 0 aliphatic carbocycles. The number of piperidine rings is 1. The number of aromatic nitrogens is 1. The second-order valence-corrected chi connectivity index (χ2v) is 9.95. The number of likely N-dealkylation sites (tertiary alicyclic amines) is 1. The predicted octanol–water partition coefficient (Wildman–Crippen LogP) is 3.09. The first-order valence-electron chi connectivity index (χ1n) is 13.0. The van der Waals surface area contributed by atoms with Crippen LogP contribution in [-0.2, 0) is 16.1 Å². The highest BCUT2D eigenvalue weighted by atomic mass is 16.6. The monoisotopic (exact) mass is 543 g/mol. The number of nitro benzene ring substituents is 1. The van der Waals surface area contributed by atoms with Crippen molar-refractivity contribution in [3.8, 4) is 0 Å². The molecule has 2 fully saturated rings. The minimum absolute atomic E-state index is 0.0183. The van der Waals surface area contributed by atoms with E-state index in [9.17, 15) is 24.5 Å². The molecule has 2 aliphatic rings. The Labute approximate surface area is 230 Å². The molecule has 1 atom stereocenters. The van der Waals surface area contributed by atoms with Gasteiger partial charge in [-0.2, -0.15) is 0 Å². The van der Waals surface area contributed by atoms with Crippen LogP contribution in [0.3, 0.4) is 0 Å². The van der Waals surface area contributed by atoms with E-state index in [1.54, 1.807) is 41.4 Å². The van der Waals surface area contributed by atoms with E-state index in [2.05, 4.69) is 10.3 Å². The summed E-state index contributed by atoms with van der Waals surface area (Å²) >= 11 is 0. The van der Waals surface area contributed by atoms with Gasteiger partial charge in [0.1, 0.15) is 11.8 Å². The molecule has 11 heteroatoms. The molecule has 2 saturated heterocycles. The molecule has 1 spiro atoms. The van der Waals surface area contributed by atoms with Gasteiger partial charge in [-0.05, 0) is 37.3 Å². The molecular formula is C29H29N5O6. The molecule has 2 aromatic carbocycles. The lowest BCUT2D eigenvalue weighted by Gasteiger charge is -2.44. The van der Waals surface area contributed by atoms with Crippen LogP contribution in [0.25, 0.3) is 0 Å². The molecule has 206 valence electrons. The smallest absolute Gasteiger partial charge is 0.270 e. The van der Waals surface area contributed by atoms with Gasteiger partial charge in [-0.1, -0.05) is 29.8 Å². The van der Waals surface area contributed by atoms with Gasteiger partial charge in [-0.15, -0.1) is 0 Å². The molecule has 2 aliphatic heterocycles. The molecule has 0 saturated carbocycles. The number of aryl methyl sites for hydroxylation is 1. The quantitative estimate of drug-likeness (QED) is 0.373. The van der Waals surface area contributed by atoms with Gasteiger partial charge in [0.05, 0.1) is 23.8 Å². The highest BCUT2D eigenvalue weighted by molar-refractivity contribution is 5.98. The Kier molecular flexibility index (Phi) is 7.56. The molecule has 5 rings (SSSR count). The van der Waals surface area contributed by atoms with Gasteiger partial charge >= 0.3 is 0 Å². The van der Waals surface area contributed by atoms with Gasteiger partial charge in [0.2, 0.25) is 5.91 Å². The van der Waals surface area contributed by atoms with E-state index in [-0.39, 0.29) is 68.1 Å². The highest BCUT2D eigenvalue weighted by Crippen LogP contribution is 2.39. The van der Waals surface area contributed by atoms with E-state index in [1.807, 2.05) is 25.1 Å². The minimum atomic E-state index is -1.07. The van der Waals surface area contributed by atoms with Crippen molar-refractivity contribution in [3.05, 3.63) is 105 Å². The van der Waals surface area contributed by atoms with Crippen molar-refractivity contribution in [1.82, 2.24) is 20.1 Å². The number of non-ortho nitro benzene ring substituents is 1. The number of ether oxygens (including phenoxy) is 1. The lowest BCUT2D eigenvalue weighted by atomic mass is 9.96. The van der Waals surface area contributed by atoms with Crippen LogP contribution >= 0.6 is 0 Å². The van der Waals surface area contributed by atoms with Crippen molar-refractivity contribution in [2.75, 3.05) is 19.7 Å². The molecule has 0 radical (unpaired) electrons. The number of nitro groups is 1. The summed E-state index contributed by atoms with van der Waals surface area (Å²) in [5, 5.41) is 14.0. The number of nitrogens with zero attached hydrogens (tertiary/aromatic N) is 4. The number of hydrogen-bond donors (Lipinski definition) is 1. The number of pyridine rings is 1. The van der Waals surface area contributed by atoms with E-state index in [0.29, 0.717) is 11.3 Å². The molecule has 3 aromatic rings. The number of amides is 3. The van der Waals surface area contributed by atoms with Crippen LogP contribution in [0.5, 0.6) is 0 Å². The molecule has 40 heavy (non-hydrogen) atoms. The fourth-order valence-corrected chi connectivity index (χ4v) is 5.19. The van der Waals surface area contributed by atoms with Crippen molar-refractivity contribution in [1.29, 1.82) is 0 Å². The number of benzene rings is 2. The van der Waals surface area contributed by atoms with Gasteiger partial charge in [-0.3, -0.25) is 34.4 Å². The molecule has 3 heterocycles. The van der Waals surface area contributed by atoms with Gasteiger partial charge in [0.25, 0.3) is 17.5 Å². The number of nitrogens with one attached hydrogen (secondary N) is 1. The van der Waals surface area contributed by atoms with Crippen molar-refractivity contribution in [2.45, 2.75) is 38.1 Å². The van der Waals surface area contributed by atoms with Crippen molar-refractivity contribution in [3.63, 3.8) is 0 Å². The van der Waals surface area contributed by atoms with Crippen LogP contribution in [0.4, 0.5) is 5.69 Å². The highest BCUT2D eigenvalue weighted by Gasteiger charge is 2.54. The fourth-order valence-electron chi connectivity index (χ4n) is 5.19.